The second kappa shape index (κ2) is 22.6. The standard InChI is InChI=1S/C41H63N5O6/c1-9-28(6)39(41(52)42-32(10-2)11-3)45-36(49)26-34(47)33(24-30-18-14-12-15-19-30)43-40(51)38(27(4)5)44-35(48)23-22-29(7)46(8)37(50)25-31-20-16-13-17-21-31/h12-21,27-29,32-34,38-39,47H,9-11,22-26H2,1-8H3,(H,42,52)(H,43,51)(H,44,48)(H,45,49)/t28-,29-,33?,34?,38-,39-/m0/s1. The highest BCUT2D eigenvalue weighted by molar-refractivity contribution is 5.89. The lowest BCUT2D eigenvalue weighted by Crippen LogP contribution is -2.56. The van der Waals surface area contributed by atoms with Crippen molar-refractivity contribution in [2.24, 2.45) is 11.8 Å². The summed E-state index contributed by atoms with van der Waals surface area (Å²) in [6.07, 6.45) is 1.62. The number of hydrogen-bond acceptors (Lipinski definition) is 6. The highest BCUT2D eigenvalue weighted by Gasteiger charge is 2.32. The van der Waals surface area contributed by atoms with E-state index in [2.05, 4.69) is 21.3 Å². The fraction of sp³-hybridized carbons (Fsp3) is 0.585. The molecule has 0 fully saturated rings. The maximum atomic E-state index is 13.7. The molecule has 0 saturated carbocycles. The first-order valence-electron chi connectivity index (χ1n) is 18.9. The minimum atomic E-state index is -1.28. The van der Waals surface area contributed by atoms with Crippen LogP contribution in [0.4, 0.5) is 0 Å². The van der Waals surface area contributed by atoms with E-state index in [9.17, 15) is 29.1 Å². The molecule has 0 heterocycles. The summed E-state index contributed by atoms with van der Waals surface area (Å²) < 4.78 is 0. The van der Waals surface area contributed by atoms with Crippen LogP contribution < -0.4 is 21.3 Å². The minimum absolute atomic E-state index is 0.000255. The Bertz CT molecular complexity index is 1400. The molecule has 2 rings (SSSR count). The van der Waals surface area contributed by atoms with E-state index in [0.717, 1.165) is 24.0 Å². The summed E-state index contributed by atoms with van der Waals surface area (Å²) in [5, 5.41) is 23.0. The van der Waals surface area contributed by atoms with Gasteiger partial charge >= 0.3 is 0 Å². The van der Waals surface area contributed by atoms with Crippen LogP contribution in [0.5, 0.6) is 0 Å². The summed E-state index contributed by atoms with van der Waals surface area (Å²) in [6.45, 7) is 13.4. The van der Waals surface area contributed by atoms with Crippen molar-refractivity contribution in [1.82, 2.24) is 26.2 Å². The summed E-state index contributed by atoms with van der Waals surface area (Å²) in [4.78, 5) is 67.8. The molecule has 2 aromatic carbocycles. The van der Waals surface area contributed by atoms with Crippen LogP contribution in [0.2, 0.25) is 0 Å². The van der Waals surface area contributed by atoms with Crippen molar-refractivity contribution in [3.63, 3.8) is 0 Å². The molecule has 0 bridgehead atoms. The third kappa shape index (κ3) is 14.8. The van der Waals surface area contributed by atoms with Crippen molar-refractivity contribution in [3.05, 3.63) is 71.8 Å². The molecule has 0 aliphatic carbocycles. The van der Waals surface area contributed by atoms with Gasteiger partial charge in [-0.25, -0.2) is 0 Å². The number of rotatable bonds is 22. The Morgan fingerprint density at radius 2 is 1.23 bits per heavy atom. The van der Waals surface area contributed by atoms with Crippen LogP contribution in [-0.2, 0) is 36.8 Å². The Labute approximate surface area is 311 Å². The third-order valence-corrected chi connectivity index (χ3v) is 9.94. The normalized spacial score (nSPS) is 14.8. The van der Waals surface area contributed by atoms with Gasteiger partial charge in [0.15, 0.2) is 0 Å². The molecule has 2 aromatic rings. The van der Waals surface area contributed by atoms with Crippen molar-refractivity contribution >= 4 is 29.5 Å². The van der Waals surface area contributed by atoms with Crippen LogP contribution >= 0.6 is 0 Å². The molecule has 0 saturated heterocycles. The number of hydrogen-bond donors (Lipinski definition) is 5. The Hall–Kier alpha value is -4.25. The summed E-state index contributed by atoms with van der Waals surface area (Å²) in [5.74, 6) is -2.02. The number of benzene rings is 2. The first-order chi connectivity index (χ1) is 24.7. The second-order valence-corrected chi connectivity index (χ2v) is 14.4. The van der Waals surface area contributed by atoms with Crippen LogP contribution in [0, 0.1) is 11.8 Å². The molecule has 6 atom stereocenters. The number of nitrogens with zero attached hydrogens (tertiary/aromatic N) is 1. The molecule has 0 aromatic heterocycles. The molecule has 0 spiro atoms. The summed E-state index contributed by atoms with van der Waals surface area (Å²) >= 11 is 0. The zero-order chi connectivity index (χ0) is 38.8. The van der Waals surface area contributed by atoms with Gasteiger partial charge in [0.05, 0.1) is 25.0 Å². The van der Waals surface area contributed by atoms with Gasteiger partial charge in [-0.05, 0) is 55.6 Å². The first kappa shape index (κ1) is 43.9. The van der Waals surface area contributed by atoms with Crippen LogP contribution in [-0.4, -0.2) is 82.9 Å². The lowest BCUT2D eigenvalue weighted by atomic mass is 9.95. The zero-order valence-corrected chi connectivity index (χ0v) is 32.5. The molecule has 0 radical (unpaired) electrons. The van der Waals surface area contributed by atoms with Gasteiger partial charge in [0.2, 0.25) is 29.5 Å². The second-order valence-electron chi connectivity index (χ2n) is 14.4. The van der Waals surface area contributed by atoms with Crippen LogP contribution in [0.1, 0.15) is 98.1 Å². The van der Waals surface area contributed by atoms with Gasteiger partial charge in [0, 0.05) is 25.6 Å². The average molecular weight is 722 g/mol. The van der Waals surface area contributed by atoms with Gasteiger partial charge in [-0.1, -0.05) is 109 Å². The lowest BCUT2D eigenvalue weighted by molar-refractivity contribution is -0.133. The SMILES string of the molecule is CCC(CC)NC(=O)[C@@H](NC(=O)CC(O)C(Cc1ccccc1)NC(=O)[C@@H](NC(=O)CC[C@H](C)N(C)C(=O)Cc1ccccc1)C(C)C)[C@@H](C)CC. The fourth-order valence-corrected chi connectivity index (χ4v) is 5.93. The molecule has 5 amide bonds. The van der Waals surface area contributed by atoms with Crippen LogP contribution in [0.3, 0.4) is 0 Å². The average Bonchev–Trinajstić information content (AvgIpc) is 3.13. The predicted octanol–water partition coefficient (Wildman–Crippen LogP) is 4.31. The van der Waals surface area contributed by atoms with Gasteiger partial charge in [-0.2, -0.15) is 0 Å². The van der Waals surface area contributed by atoms with Gasteiger partial charge < -0.3 is 31.3 Å². The van der Waals surface area contributed by atoms with Gasteiger partial charge in [-0.15, -0.1) is 0 Å². The van der Waals surface area contributed by atoms with E-state index in [4.69, 9.17) is 0 Å². The molecule has 11 nitrogen and oxygen atoms in total. The van der Waals surface area contributed by atoms with Gasteiger partial charge in [0.1, 0.15) is 12.1 Å². The molecule has 0 aliphatic rings. The monoisotopic (exact) mass is 721 g/mol. The van der Waals surface area contributed by atoms with Crippen molar-refractivity contribution in [2.45, 2.75) is 136 Å². The van der Waals surface area contributed by atoms with E-state index >= 15 is 0 Å². The van der Waals surface area contributed by atoms with Crippen molar-refractivity contribution in [2.75, 3.05) is 7.05 Å². The van der Waals surface area contributed by atoms with Crippen molar-refractivity contribution in [3.8, 4) is 0 Å². The highest BCUT2D eigenvalue weighted by Crippen LogP contribution is 2.15. The Kier molecular flexibility index (Phi) is 19.1. The van der Waals surface area contributed by atoms with E-state index in [1.54, 1.807) is 11.9 Å². The van der Waals surface area contributed by atoms with Gasteiger partial charge in [0.25, 0.3) is 0 Å². The molecular formula is C41H63N5O6. The Morgan fingerprint density at radius 1 is 0.692 bits per heavy atom. The maximum absolute atomic E-state index is 13.7. The van der Waals surface area contributed by atoms with E-state index in [0.29, 0.717) is 12.8 Å². The number of aliphatic hydroxyl groups is 1. The Morgan fingerprint density at radius 3 is 1.77 bits per heavy atom. The van der Waals surface area contributed by atoms with E-state index in [1.807, 2.05) is 109 Å². The molecule has 0 aliphatic heterocycles. The largest absolute Gasteiger partial charge is 0.390 e. The van der Waals surface area contributed by atoms with Crippen molar-refractivity contribution in [1.29, 1.82) is 0 Å². The van der Waals surface area contributed by atoms with Crippen LogP contribution in [0.25, 0.3) is 0 Å². The lowest BCUT2D eigenvalue weighted by Gasteiger charge is -2.30. The summed E-state index contributed by atoms with van der Waals surface area (Å²) in [6, 6.07) is 16.1. The minimum Gasteiger partial charge on any atom is -0.390 e. The topological polar surface area (TPSA) is 157 Å². The Balaban J connectivity index is 2.10. The molecule has 288 valence electrons. The summed E-state index contributed by atoms with van der Waals surface area (Å²) in [5.41, 5.74) is 1.76. The number of amides is 5. The number of carbonyl (C=O) groups is 5. The smallest absolute Gasteiger partial charge is 0.243 e. The summed E-state index contributed by atoms with van der Waals surface area (Å²) in [7, 11) is 1.73. The quantitative estimate of drug-likeness (QED) is 0.122. The molecular weight excluding hydrogens is 658 g/mol. The number of nitrogens with one attached hydrogen (secondary N) is 4. The molecule has 5 N–H and O–H groups in total. The van der Waals surface area contributed by atoms with E-state index < -0.39 is 36.0 Å². The van der Waals surface area contributed by atoms with E-state index in [1.165, 1.54) is 0 Å². The number of aliphatic hydroxyl groups excluding tert-OH is 1. The van der Waals surface area contributed by atoms with Crippen molar-refractivity contribution < 1.29 is 29.1 Å². The number of likely N-dealkylation sites (N-methyl/N-ethyl adjacent to an activating group) is 1. The maximum Gasteiger partial charge on any atom is 0.243 e. The highest BCUT2D eigenvalue weighted by atomic mass is 16.3. The predicted molar refractivity (Wildman–Crippen MR) is 205 cm³/mol. The molecule has 2 unspecified atom stereocenters. The van der Waals surface area contributed by atoms with Gasteiger partial charge in [-0.3, -0.25) is 24.0 Å². The van der Waals surface area contributed by atoms with Crippen LogP contribution in [0.15, 0.2) is 60.7 Å². The first-order valence-corrected chi connectivity index (χ1v) is 18.9. The number of carbonyl (C=O) groups excluding carboxylic acids is 5. The molecule has 11 heteroatoms. The third-order valence-electron chi connectivity index (χ3n) is 9.94. The zero-order valence-electron chi connectivity index (χ0n) is 32.5. The molecule has 52 heavy (non-hydrogen) atoms. The fourth-order valence-electron chi connectivity index (χ4n) is 5.93. The van der Waals surface area contributed by atoms with E-state index in [-0.39, 0.29) is 67.3 Å².